The summed E-state index contributed by atoms with van der Waals surface area (Å²) < 4.78 is 5.63. The topological polar surface area (TPSA) is 85.6 Å². The quantitative estimate of drug-likeness (QED) is 0.205. The summed E-state index contributed by atoms with van der Waals surface area (Å²) in [7, 11) is 0. The predicted molar refractivity (Wildman–Crippen MR) is 167 cm³/mol. The highest BCUT2D eigenvalue weighted by molar-refractivity contribution is 7.98. The van der Waals surface area contributed by atoms with E-state index in [9.17, 15) is 10.1 Å². The zero-order valence-electron chi connectivity index (χ0n) is 24.0. The minimum absolute atomic E-state index is 0.211. The lowest BCUT2D eigenvalue weighted by Gasteiger charge is -2.42. The molecule has 4 aromatic rings. The van der Waals surface area contributed by atoms with Gasteiger partial charge in [0.05, 0.1) is 30.8 Å². The molecule has 1 aromatic heterocycles. The van der Waals surface area contributed by atoms with E-state index in [2.05, 4.69) is 59.2 Å². The molecule has 0 unspecified atom stereocenters. The van der Waals surface area contributed by atoms with Crippen molar-refractivity contribution in [2.75, 3.05) is 42.2 Å². The van der Waals surface area contributed by atoms with Crippen LogP contribution in [0.4, 0.5) is 16.3 Å². The van der Waals surface area contributed by atoms with E-state index in [0.717, 1.165) is 40.8 Å². The van der Waals surface area contributed by atoms with Crippen LogP contribution in [-0.4, -0.2) is 59.4 Å². The fraction of sp³-hybridized carbons (Fsp3) is 0.333. The van der Waals surface area contributed by atoms with Crippen molar-refractivity contribution in [3.05, 3.63) is 89.1 Å². The molecule has 0 radical (unpaired) electrons. The third-order valence-corrected chi connectivity index (χ3v) is 8.73. The number of anilines is 2. The molecule has 6 rings (SSSR count). The number of carbonyl (C=O) groups excluding carboxylic acids is 1. The van der Waals surface area contributed by atoms with E-state index in [1.165, 1.54) is 33.8 Å². The van der Waals surface area contributed by atoms with E-state index in [0.29, 0.717) is 26.2 Å². The molecule has 0 spiro atoms. The Morgan fingerprint density at radius 3 is 2.62 bits per heavy atom. The number of carbonyl (C=O) groups is 1. The van der Waals surface area contributed by atoms with Crippen LogP contribution in [0.15, 0.2) is 71.9 Å². The number of rotatable bonds is 6. The number of amides is 1. The fourth-order valence-electron chi connectivity index (χ4n) is 6.09. The number of piperazine rings is 1. The number of hydrogen-bond acceptors (Lipinski definition) is 8. The Bertz CT molecular complexity index is 1630. The molecule has 2 aliphatic heterocycles. The molecule has 1 amide bonds. The van der Waals surface area contributed by atoms with Crippen LogP contribution in [0, 0.1) is 18.3 Å². The molecular weight excluding hydrogens is 544 g/mol. The molecule has 3 aromatic carbocycles. The second-order valence-electron chi connectivity index (χ2n) is 10.8. The van der Waals surface area contributed by atoms with E-state index < -0.39 is 0 Å². The molecule has 42 heavy (non-hydrogen) atoms. The summed E-state index contributed by atoms with van der Waals surface area (Å²) in [6.07, 6.45) is 2.67. The van der Waals surface area contributed by atoms with Gasteiger partial charge in [0.15, 0.2) is 5.16 Å². The van der Waals surface area contributed by atoms with Crippen molar-refractivity contribution in [2.45, 2.75) is 44.1 Å². The third-order valence-electron chi connectivity index (χ3n) is 8.19. The first kappa shape index (κ1) is 27.9. The Kier molecular flexibility index (Phi) is 8.15. The Balaban J connectivity index is 1.24. The highest BCUT2D eigenvalue weighted by Gasteiger charge is 2.34. The van der Waals surface area contributed by atoms with Crippen molar-refractivity contribution in [1.82, 2.24) is 14.9 Å². The number of aromatic nitrogens is 2. The van der Waals surface area contributed by atoms with Crippen LogP contribution in [-0.2, 0) is 24.3 Å². The molecule has 1 saturated heterocycles. The number of benzene rings is 3. The van der Waals surface area contributed by atoms with E-state index in [1.807, 2.05) is 36.6 Å². The van der Waals surface area contributed by atoms with Crippen LogP contribution in [0.5, 0.6) is 0 Å². The monoisotopic (exact) mass is 578 g/mol. The van der Waals surface area contributed by atoms with Crippen molar-refractivity contribution in [3.63, 3.8) is 0 Å². The van der Waals surface area contributed by atoms with Gasteiger partial charge in [0.1, 0.15) is 12.4 Å². The first-order valence-corrected chi connectivity index (χ1v) is 15.5. The van der Waals surface area contributed by atoms with E-state index >= 15 is 0 Å². The summed E-state index contributed by atoms with van der Waals surface area (Å²) in [6, 6.07) is 24.6. The summed E-state index contributed by atoms with van der Waals surface area (Å²) in [4.78, 5) is 29.4. The second-order valence-corrected chi connectivity index (χ2v) is 11.5. The highest BCUT2D eigenvalue weighted by atomic mass is 32.2. The molecule has 0 saturated carbocycles. The van der Waals surface area contributed by atoms with Gasteiger partial charge < -0.3 is 19.4 Å². The van der Waals surface area contributed by atoms with Crippen LogP contribution >= 0.6 is 11.8 Å². The minimum atomic E-state index is -0.380. The SMILES string of the molecule is CSc1nc2c(c(N3CCN(C(=O)OCc4ccccc4)[C@@H](CC#N)C3)n1)CCN(c1cccc3cccc(C)c13)C2. The molecule has 1 atom stereocenters. The van der Waals surface area contributed by atoms with Gasteiger partial charge in [-0.15, -0.1) is 0 Å². The number of thioether (sulfide) groups is 1. The van der Waals surface area contributed by atoms with E-state index in [1.54, 1.807) is 4.90 Å². The Morgan fingerprint density at radius 1 is 1.02 bits per heavy atom. The number of ether oxygens (including phenoxy) is 1. The van der Waals surface area contributed by atoms with Gasteiger partial charge in [-0.05, 0) is 42.2 Å². The third kappa shape index (κ3) is 5.59. The van der Waals surface area contributed by atoms with Gasteiger partial charge in [-0.1, -0.05) is 72.4 Å². The molecule has 1 fully saturated rings. The first-order valence-electron chi connectivity index (χ1n) is 14.3. The summed E-state index contributed by atoms with van der Waals surface area (Å²) in [5.41, 5.74) is 5.65. The van der Waals surface area contributed by atoms with Gasteiger partial charge in [-0.2, -0.15) is 5.26 Å². The van der Waals surface area contributed by atoms with E-state index in [4.69, 9.17) is 14.7 Å². The van der Waals surface area contributed by atoms with Gasteiger partial charge in [0, 0.05) is 42.8 Å². The molecule has 0 N–H and O–H groups in total. The number of hydrogen-bond donors (Lipinski definition) is 0. The molecule has 214 valence electrons. The van der Waals surface area contributed by atoms with Gasteiger partial charge in [-0.25, -0.2) is 14.8 Å². The summed E-state index contributed by atoms with van der Waals surface area (Å²) >= 11 is 1.54. The Labute approximate surface area is 250 Å². The molecule has 2 aliphatic rings. The number of fused-ring (bicyclic) bond motifs is 2. The summed E-state index contributed by atoms with van der Waals surface area (Å²) in [6.45, 7) is 5.56. The van der Waals surface area contributed by atoms with Crippen molar-refractivity contribution >= 4 is 40.1 Å². The minimum Gasteiger partial charge on any atom is -0.445 e. The van der Waals surface area contributed by atoms with Gasteiger partial charge in [0.25, 0.3) is 0 Å². The van der Waals surface area contributed by atoms with Crippen molar-refractivity contribution < 1.29 is 9.53 Å². The Morgan fingerprint density at radius 2 is 1.83 bits per heavy atom. The molecule has 3 heterocycles. The maximum Gasteiger partial charge on any atom is 0.410 e. The van der Waals surface area contributed by atoms with Gasteiger partial charge in [-0.3, -0.25) is 0 Å². The predicted octanol–water partition coefficient (Wildman–Crippen LogP) is 5.96. The van der Waals surface area contributed by atoms with Crippen LogP contribution in [0.1, 0.15) is 28.8 Å². The molecule has 9 heteroatoms. The summed E-state index contributed by atoms with van der Waals surface area (Å²) in [5.74, 6) is 0.929. The van der Waals surface area contributed by atoms with Crippen molar-refractivity contribution in [3.8, 4) is 6.07 Å². The molecule has 0 aliphatic carbocycles. The molecular formula is C33H34N6O2S. The van der Waals surface area contributed by atoms with Crippen LogP contribution < -0.4 is 9.80 Å². The average Bonchev–Trinajstić information content (AvgIpc) is 3.03. The van der Waals surface area contributed by atoms with E-state index in [-0.39, 0.29) is 25.2 Å². The molecule has 0 bridgehead atoms. The van der Waals surface area contributed by atoms with Crippen molar-refractivity contribution in [2.24, 2.45) is 0 Å². The lowest BCUT2D eigenvalue weighted by atomic mass is 9.99. The standard InChI is InChI=1S/C33H34N6O2S/c1-23-8-6-11-25-12-7-13-29(30(23)25)37-17-15-27-28(21-37)35-32(42-2)36-31(27)38-18-19-39(26(20-38)14-16-34)33(40)41-22-24-9-4-3-5-10-24/h3-13,26H,14-15,17-22H2,1-2H3/t26-/m0/s1. The van der Waals surface area contributed by atoms with Crippen molar-refractivity contribution in [1.29, 1.82) is 5.26 Å². The largest absolute Gasteiger partial charge is 0.445 e. The number of nitrogens with zero attached hydrogens (tertiary/aromatic N) is 6. The van der Waals surface area contributed by atoms with Crippen LogP contribution in [0.25, 0.3) is 10.8 Å². The van der Waals surface area contributed by atoms with Gasteiger partial charge >= 0.3 is 6.09 Å². The second kappa shape index (κ2) is 12.3. The smallest absolute Gasteiger partial charge is 0.410 e. The number of aryl methyl sites for hydroxylation is 1. The normalized spacial score (nSPS) is 16.7. The summed E-state index contributed by atoms with van der Waals surface area (Å²) in [5, 5.41) is 12.9. The maximum absolute atomic E-state index is 13.1. The highest BCUT2D eigenvalue weighted by Crippen LogP contribution is 2.36. The lowest BCUT2D eigenvalue weighted by molar-refractivity contribution is 0.0767. The average molecular weight is 579 g/mol. The zero-order chi connectivity index (χ0) is 29.1. The zero-order valence-corrected chi connectivity index (χ0v) is 24.8. The lowest BCUT2D eigenvalue weighted by Crippen LogP contribution is -2.55. The molecule has 8 nitrogen and oxygen atoms in total. The van der Waals surface area contributed by atoms with Gasteiger partial charge in [0.2, 0.25) is 0 Å². The Hall–Kier alpha value is -4.29. The van der Waals surface area contributed by atoms with Crippen LogP contribution in [0.3, 0.4) is 0 Å². The first-order chi connectivity index (χ1) is 20.6. The van der Waals surface area contributed by atoms with Crippen LogP contribution in [0.2, 0.25) is 0 Å². The number of nitriles is 1. The maximum atomic E-state index is 13.1. The fourth-order valence-corrected chi connectivity index (χ4v) is 6.47.